The molecular formula is C17H21F2N3O6S. The van der Waals surface area contributed by atoms with E-state index in [1.54, 1.807) is 0 Å². The highest BCUT2D eigenvalue weighted by Crippen LogP contribution is 2.29. The van der Waals surface area contributed by atoms with Crippen LogP contribution in [0, 0.1) is 13.8 Å². The number of rotatable bonds is 9. The Morgan fingerprint density at radius 1 is 1.28 bits per heavy atom. The van der Waals surface area contributed by atoms with Gasteiger partial charge in [-0.1, -0.05) is 11.2 Å². The number of hydrogen-bond acceptors (Lipinski definition) is 7. The zero-order chi connectivity index (χ0) is 21.8. The molecule has 0 unspecified atom stereocenters. The Bertz CT molecular complexity index is 958. The predicted octanol–water partition coefficient (Wildman–Crippen LogP) is 1.88. The standard InChI is InChI=1S/C17H21F2N3O6S/c1-9-15(11(3)28-21-9)29(24,25)22-10(2)16(23)20-8-12-5-6-13(27-17(18)19)14(7-12)26-4/h5-7,10,17,22H,8H2,1-4H3,(H,20,23)/t10-/m1/s1. The van der Waals surface area contributed by atoms with Gasteiger partial charge in [-0.3, -0.25) is 4.79 Å². The van der Waals surface area contributed by atoms with Crippen LogP contribution in [0.2, 0.25) is 0 Å². The highest BCUT2D eigenvalue weighted by Gasteiger charge is 2.28. The van der Waals surface area contributed by atoms with Crippen LogP contribution in [-0.4, -0.2) is 39.2 Å². The van der Waals surface area contributed by atoms with Crippen molar-refractivity contribution >= 4 is 15.9 Å². The monoisotopic (exact) mass is 433 g/mol. The molecule has 2 rings (SSSR count). The third-order valence-corrected chi connectivity index (χ3v) is 5.66. The van der Waals surface area contributed by atoms with Crippen molar-refractivity contribution < 1.29 is 36.0 Å². The Labute approximate surface area is 166 Å². The third-order valence-electron chi connectivity index (χ3n) is 3.87. The van der Waals surface area contributed by atoms with E-state index in [-0.39, 0.29) is 34.4 Å². The summed E-state index contributed by atoms with van der Waals surface area (Å²) >= 11 is 0. The normalized spacial score (nSPS) is 12.7. The van der Waals surface area contributed by atoms with Crippen LogP contribution in [0.4, 0.5) is 8.78 Å². The lowest BCUT2D eigenvalue weighted by molar-refractivity contribution is -0.122. The fourth-order valence-electron chi connectivity index (χ4n) is 2.56. The van der Waals surface area contributed by atoms with Crippen molar-refractivity contribution in [3.05, 3.63) is 35.2 Å². The average molecular weight is 433 g/mol. The molecule has 1 atom stereocenters. The molecule has 1 aromatic carbocycles. The molecule has 160 valence electrons. The number of carbonyl (C=O) groups is 1. The van der Waals surface area contributed by atoms with Gasteiger partial charge in [0.1, 0.15) is 10.6 Å². The molecule has 12 heteroatoms. The minimum atomic E-state index is -4.01. The van der Waals surface area contributed by atoms with E-state index in [0.717, 1.165) is 0 Å². The fraction of sp³-hybridized carbons (Fsp3) is 0.412. The van der Waals surface area contributed by atoms with E-state index in [0.29, 0.717) is 5.56 Å². The van der Waals surface area contributed by atoms with E-state index in [1.807, 2.05) is 0 Å². The number of methoxy groups -OCH3 is 1. The lowest BCUT2D eigenvalue weighted by Crippen LogP contribution is -2.44. The number of ether oxygens (including phenoxy) is 2. The van der Waals surface area contributed by atoms with Crippen molar-refractivity contribution in [2.75, 3.05) is 7.11 Å². The fourth-order valence-corrected chi connectivity index (χ4v) is 4.09. The summed E-state index contributed by atoms with van der Waals surface area (Å²) in [7, 11) is -2.71. The minimum Gasteiger partial charge on any atom is -0.493 e. The molecule has 1 amide bonds. The van der Waals surface area contributed by atoms with E-state index < -0.39 is 28.6 Å². The molecule has 2 aromatic rings. The molecule has 0 saturated heterocycles. The van der Waals surface area contributed by atoms with E-state index >= 15 is 0 Å². The molecule has 9 nitrogen and oxygen atoms in total. The number of amides is 1. The summed E-state index contributed by atoms with van der Waals surface area (Å²) < 4.78 is 66.1. The second-order valence-corrected chi connectivity index (χ2v) is 7.73. The molecule has 0 radical (unpaired) electrons. The molecule has 0 spiro atoms. The van der Waals surface area contributed by atoms with Crippen molar-refractivity contribution in [1.82, 2.24) is 15.2 Å². The Balaban J connectivity index is 2.02. The molecular weight excluding hydrogens is 412 g/mol. The first-order chi connectivity index (χ1) is 13.5. The summed E-state index contributed by atoms with van der Waals surface area (Å²) in [5, 5.41) is 6.15. The van der Waals surface area contributed by atoms with Crippen molar-refractivity contribution in [3.63, 3.8) is 0 Å². The van der Waals surface area contributed by atoms with Crippen LogP contribution in [0.5, 0.6) is 11.5 Å². The van der Waals surface area contributed by atoms with E-state index in [1.165, 1.54) is 46.1 Å². The number of hydrogen-bond donors (Lipinski definition) is 2. The van der Waals surface area contributed by atoms with Gasteiger partial charge in [0.2, 0.25) is 15.9 Å². The molecule has 0 aliphatic heterocycles. The van der Waals surface area contributed by atoms with Gasteiger partial charge in [0.05, 0.1) is 13.2 Å². The van der Waals surface area contributed by atoms with Crippen molar-refractivity contribution in [3.8, 4) is 11.5 Å². The second kappa shape index (κ2) is 9.18. The minimum absolute atomic E-state index is 0.0154. The lowest BCUT2D eigenvalue weighted by Gasteiger charge is -2.15. The van der Waals surface area contributed by atoms with Gasteiger partial charge in [0.15, 0.2) is 17.3 Å². The van der Waals surface area contributed by atoms with Gasteiger partial charge in [-0.2, -0.15) is 13.5 Å². The summed E-state index contributed by atoms with van der Waals surface area (Å²) in [6.07, 6.45) is 0. The molecule has 0 aliphatic rings. The number of alkyl halides is 2. The first kappa shape index (κ1) is 22.6. The SMILES string of the molecule is COc1cc(CNC(=O)[C@@H](C)NS(=O)(=O)c2c(C)noc2C)ccc1OC(F)F. The van der Waals surface area contributed by atoms with Gasteiger partial charge in [-0.15, -0.1) is 0 Å². The van der Waals surface area contributed by atoms with Gasteiger partial charge in [-0.25, -0.2) is 8.42 Å². The Hall–Kier alpha value is -2.73. The highest BCUT2D eigenvalue weighted by molar-refractivity contribution is 7.89. The number of nitrogens with one attached hydrogen (secondary N) is 2. The summed E-state index contributed by atoms with van der Waals surface area (Å²) in [4.78, 5) is 12.2. The first-order valence-corrected chi connectivity index (χ1v) is 9.88. The van der Waals surface area contributed by atoms with Gasteiger partial charge in [-0.05, 0) is 38.5 Å². The second-order valence-electron chi connectivity index (χ2n) is 6.08. The van der Waals surface area contributed by atoms with E-state index in [2.05, 4.69) is 19.9 Å². The van der Waals surface area contributed by atoms with Crippen molar-refractivity contribution in [2.45, 2.75) is 44.9 Å². The maximum absolute atomic E-state index is 12.5. The lowest BCUT2D eigenvalue weighted by atomic mass is 10.2. The zero-order valence-electron chi connectivity index (χ0n) is 16.2. The molecule has 29 heavy (non-hydrogen) atoms. The van der Waals surface area contributed by atoms with Crippen LogP contribution in [0.3, 0.4) is 0 Å². The molecule has 0 bridgehead atoms. The maximum Gasteiger partial charge on any atom is 0.387 e. The van der Waals surface area contributed by atoms with Gasteiger partial charge < -0.3 is 19.3 Å². The summed E-state index contributed by atoms with van der Waals surface area (Å²) in [6.45, 7) is 1.33. The van der Waals surface area contributed by atoms with Crippen LogP contribution in [0.1, 0.15) is 23.9 Å². The summed E-state index contributed by atoms with van der Waals surface area (Å²) in [5.74, 6) is -0.546. The van der Waals surface area contributed by atoms with E-state index in [9.17, 15) is 22.0 Å². The smallest absolute Gasteiger partial charge is 0.387 e. The van der Waals surface area contributed by atoms with Crippen LogP contribution < -0.4 is 19.5 Å². The topological polar surface area (TPSA) is 120 Å². The third kappa shape index (κ3) is 5.64. The van der Waals surface area contributed by atoms with Gasteiger partial charge >= 0.3 is 6.61 Å². The van der Waals surface area contributed by atoms with Crippen LogP contribution in [-0.2, 0) is 21.4 Å². The Morgan fingerprint density at radius 2 is 1.97 bits per heavy atom. The predicted molar refractivity (Wildman–Crippen MR) is 97.2 cm³/mol. The van der Waals surface area contributed by atoms with Gasteiger partial charge in [0.25, 0.3) is 0 Å². The van der Waals surface area contributed by atoms with Crippen LogP contribution in [0.25, 0.3) is 0 Å². The Kier molecular flexibility index (Phi) is 7.14. The van der Waals surface area contributed by atoms with Gasteiger partial charge in [0, 0.05) is 6.54 Å². The molecule has 0 fully saturated rings. The molecule has 0 saturated carbocycles. The highest BCUT2D eigenvalue weighted by atomic mass is 32.2. The van der Waals surface area contributed by atoms with Crippen molar-refractivity contribution in [2.24, 2.45) is 0 Å². The summed E-state index contributed by atoms with van der Waals surface area (Å²) in [5.41, 5.74) is 0.721. The number of sulfonamides is 1. The molecule has 1 aromatic heterocycles. The molecule has 2 N–H and O–H groups in total. The molecule has 1 heterocycles. The summed E-state index contributed by atoms with van der Waals surface area (Å²) in [6, 6.07) is 3.10. The number of nitrogens with zero attached hydrogens (tertiary/aromatic N) is 1. The number of carbonyl (C=O) groups excluding carboxylic acids is 1. The average Bonchev–Trinajstić information content (AvgIpc) is 2.98. The van der Waals surface area contributed by atoms with Crippen molar-refractivity contribution in [1.29, 1.82) is 0 Å². The number of aromatic nitrogens is 1. The van der Waals surface area contributed by atoms with Crippen LogP contribution >= 0.6 is 0 Å². The van der Waals surface area contributed by atoms with Crippen LogP contribution in [0.15, 0.2) is 27.6 Å². The quantitative estimate of drug-likeness (QED) is 0.620. The van der Waals surface area contributed by atoms with E-state index in [4.69, 9.17) is 9.26 Å². The Morgan fingerprint density at radius 3 is 2.52 bits per heavy atom. The maximum atomic E-state index is 12.5. The largest absolute Gasteiger partial charge is 0.493 e. The number of aryl methyl sites for hydroxylation is 2. The molecule has 0 aliphatic carbocycles. The first-order valence-electron chi connectivity index (χ1n) is 8.39. The number of benzene rings is 1. The zero-order valence-corrected chi connectivity index (χ0v) is 17.0. The number of halogens is 2.